The van der Waals surface area contributed by atoms with Crippen molar-refractivity contribution in [3.8, 4) is 0 Å². The van der Waals surface area contributed by atoms with Crippen molar-refractivity contribution in [2.75, 3.05) is 26.4 Å². The van der Waals surface area contributed by atoms with Crippen LogP contribution in [-0.4, -0.2) is 142 Å². The molecule has 0 spiro atoms. The van der Waals surface area contributed by atoms with Crippen molar-refractivity contribution in [1.29, 1.82) is 0 Å². The first kappa shape index (κ1) is 59.6. The summed E-state index contributed by atoms with van der Waals surface area (Å²) in [6.45, 7) is 2.50. The van der Waals surface area contributed by atoms with Crippen LogP contribution >= 0.6 is 0 Å². The fourth-order valence-electron chi connectivity index (χ4n) is 7.63. The summed E-state index contributed by atoms with van der Waals surface area (Å²) in [5, 5.41) is 72.0. The maximum atomic E-state index is 13.0. The monoisotopic (exact) mass is 941 g/mol. The van der Waals surface area contributed by atoms with Crippen LogP contribution in [0, 0.1) is 0 Å². The van der Waals surface area contributed by atoms with E-state index in [1.807, 2.05) is 0 Å². The van der Waals surface area contributed by atoms with Crippen molar-refractivity contribution >= 4 is 11.9 Å². The molecule has 0 aromatic heterocycles. The maximum Gasteiger partial charge on any atom is 0.306 e. The Labute approximate surface area is 395 Å². The van der Waals surface area contributed by atoms with Gasteiger partial charge in [0.1, 0.15) is 55.4 Å². The zero-order chi connectivity index (χ0) is 48.2. The SMILES string of the molecule is CCCCCCCC=C=CCCCCCCCC(=O)O[C@H](COC(=O)CCCC/C=C/C/C=C/CCCCCCCC)CO[C@@H]1O[C@H](CO[C@@H]2O[C@H](CO)[C@H](O)C(O)C2O)[C@H](O)C(O)C1O. The normalized spacial score (nSPS) is 26.1. The summed E-state index contributed by atoms with van der Waals surface area (Å²) >= 11 is 0. The van der Waals surface area contributed by atoms with Gasteiger partial charge < -0.3 is 64.2 Å². The molecular weight excluding hydrogens is 853 g/mol. The highest BCUT2D eigenvalue weighted by atomic mass is 16.7. The number of allylic oxidation sites excluding steroid dienone is 5. The van der Waals surface area contributed by atoms with Gasteiger partial charge in [-0.2, -0.15) is 0 Å². The van der Waals surface area contributed by atoms with E-state index < -0.39 is 99.3 Å². The van der Waals surface area contributed by atoms with Gasteiger partial charge in [0, 0.05) is 12.8 Å². The van der Waals surface area contributed by atoms with Gasteiger partial charge in [-0.15, -0.1) is 5.73 Å². The number of aliphatic hydroxyl groups excluding tert-OH is 7. The van der Waals surface area contributed by atoms with E-state index in [2.05, 4.69) is 56.0 Å². The van der Waals surface area contributed by atoms with Crippen LogP contribution in [0.2, 0.25) is 0 Å². The van der Waals surface area contributed by atoms with E-state index in [4.69, 9.17) is 28.4 Å². The van der Waals surface area contributed by atoms with Crippen molar-refractivity contribution in [1.82, 2.24) is 0 Å². The molecule has 7 N–H and O–H groups in total. The Balaban J connectivity index is 1.85. The van der Waals surface area contributed by atoms with Gasteiger partial charge >= 0.3 is 11.9 Å². The average Bonchev–Trinajstić information content (AvgIpc) is 3.31. The van der Waals surface area contributed by atoms with Crippen molar-refractivity contribution in [3.63, 3.8) is 0 Å². The van der Waals surface area contributed by atoms with Crippen LogP contribution in [0.15, 0.2) is 42.2 Å². The number of rotatable bonds is 38. The predicted molar refractivity (Wildman–Crippen MR) is 251 cm³/mol. The molecular formula is C51H88O15. The minimum atomic E-state index is -1.77. The second kappa shape index (κ2) is 38.4. The highest BCUT2D eigenvalue weighted by Crippen LogP contribution is 2.26. The molecule has 2 rings (SSSR count). The number of unbranched alkanes of at least 4 members (excludes halogenated alkanes) is 18. The van der Waals surface area contributed by atoms with E-state index in [1.165, 1.54) is 70.6 Å². The number of hydrogen-bond acceptors (Lipinski definition) is 15. The van der Waals surface area contributed by atoms with Gasteiger partial charge in [-0.3, -0.25) is 9.59 Å². The summed E-state index contributed by atoms with van der Waals surface area (Å²) < 4.78 is 33.5. The van der Waals surface area contributed by atoms with E-state index in [-0.39, 0.29) is 19.4 Å². The lowest BCUT2D eigenvalue weighted by Crippen LogP contribution is -2.61. The third-order valence-corrected chi connectivity index (χ3v) is 11.9. The molecule has 0 bridgehead atoms. The Hall–Kier alpha value is -2.50. The van der Waals surface area contributed by atoms with E-state index in [0.29, 0.717) is 12.8 Å². The number of carbonyl (C=O) groups excluding carboxylic acids is 2. The van der Waals surface area contributed by atoms with Gasteiger partial charge in [0.2, 0.25) is 0 Å². The lowest BCUT2D eigenvalue weighted by molar-refractivity contribution is -0.332. The van der Waals surface area contributed by atoms with Crippen LogP contribution in [-0.2, 0) is 38.0 Å². The summed E-state index contributed by atoms with van der Waals surface area (Å²) in [5.74, 6) is -0.985. The summed E-state index contributed by atoms with van der Waals surface area (Å²) in [5.41, 5.74) is 3.28. The lowest BCUT2D eigenvalue weighted by Gasteiger charge is -2.42. The van der Waals surface area contributed by atoms with Crippen LogP contribution in [0.3, 0.4) is 0 Å². The average molecular weight is 941 g/mol. The molecule has 0 aliphatic carbocycles. The Bertz CT molecular complexity index is 1350. The first-order valence-corrected chi connectivity index (χ1v) is 25.3. The molecule has 11 atom stereocenters. The number of aliphatic hydroxyl groups is 7. The van der Waals surface area contributed by atoms with Gasteiger partial charge in [0.25, 0.3) is 0 Å². The third kappa shape index (κ3) is 26.3. The zero-order valence-corrected chi connectivity index (χ0v) is 40.2. The van der Waals surface area contributed by atoms with Crippen molar-refractivity contribution in [3.05, 3.63) is 42.2 Å². The highest BCUT2D eigenvalue weighted by molar-refractivity contribution is 5.70. The van der Waals surface area contributed by atoms with Gasteiger partial charge in [-0.1, -0.05) is 115 Å². The third-order valence-electron chi connectivity index (χ3n) is 11.9. The van der Waals surface area contributed by atoms with E-state index in [1.54, 1.807) is 0 Å². The standard InChI is InChI=1S/C51H88O15/c1-3-5-7-9-11-13-15-17-19-21-23-25-27-29-31-33-42(53)61-36-39(64-43(54)34-32-30-28-26-24-22-20-18-16-14-12-10-8-6-4-2)37-62-50-49(60)47(58)45(56)41(66-50)38-63-51-48(59)46(57)44(55)40(35-52)65-51/h16-17,19-20,23,25,39-41,44-52,55-60H,3-15,21-22,24,26-38H2,1-2H3/b19-17+,25-23+/t18?,39-,40-,41-,44+,45+,46?,47?,48?,49?,50-,51-/m1/s1. The summed E-state index contributed by atoms with van der Waals surface area (Å²) in [6, 6.07) is 0. The van der Waals surface area contributed by atoms with Crippen LogP contribution in [0.4, 0.5) is 0 Å². The second-order valence-electron chi connectivity index (χ2n) is 17.7. The maximum absolute atomic E-state index is 13.0. The number of hydrogen-bond donors (Lipinski definition) is 7. The molecule has 2 saturated heterocycles. The Morgan fingerprint density at radius 2 is 1.00 bits per heavy atom. The summed E-state index contributed by atoms with van der Waals surface area (Å²) in [6.07, 6.45) is 21.0. The predicted octanol–water partition coefficient (Wildman–Crippen LogP) is 6.70. The first-order valence-electron chi connectivity index (χ1n) is 25.3. The first-order chi connectivity index (χ1) is 32.0. The number of esters is 2. The molecule has 382 valence electrons. The van der Waals surface area contributed by atoms with Gasteiger partial charge in [-0.05, 0) is 82.8 Å². The minimum absolute atomic E-state index is 0.138. The Morgan fingerprint density at radius 3 is 1.59 bits per heavy atom. The molecule has 66 heavy (non-hydrogen) atoms. The number of carbonyl (C=O) groups is 2. The van der Waals surface area contributed by atoms with Gasteiger partial charge in [0.05, 0.1) is 19.8 Å². The topological polar surface area (TPSA) is 231 Å². The summed E-state index contributed by atoms with van der Waals surface area (Å²) in [7, 11) is 0. The number of ether oxygens (including phenoxy) is 6. The molecule has 0 saturated carbocycles. The molecule has 2 fully saturated rings. The van der Waals surface area contributed by atoms with Crippen molar-refractivity contribution in [2.24, 2.45) is 0 Å². The smallest absolute Gasteiger partial charge is 0.306 e. The fraction of sp³-hybridized carbons (Fsp3) is 0.824. The quantitative estimate of drug-likeness (QED) is 0.0148. The molecule has 0 aromatic rings. The highest BCUT2D eigenvalue weighted by Gasteiger charge is 2.47. The van der Waals surface area contributed by atoms with E-state index in [0.717, 1.165) is 64.2 Å². The van der Waals surface area contributed by atoms with E-state index >= 15 is 0 Å². The molecule has 0 aromatic carbocycles. The van der Waals surface area contributed by atoms with Crippen molar-refractivity contribution < 1.29 is 73.8 Å². The lowest BCUT2D eigenvalue weighted by atomic mass is 9.98. The largest absolute Gasteiger partial charge is 0.462 e. The Morgan fingerprint density at radius 1 is 0.530 bits per heavy atom. The molecule has 4 unspecified atom stereocenters. The molecule has 2 aliphatic rings. The molecule has 2 aliphatic heterocycles. The van der Waals surface area contributed by atoms with Crippen LogP contribution in [0.5, 0.6) is 0 Å². The van der Waals surface area contributed by atoms with Crippen LogP contribution in [0.25, 0.3) is 0 Å². The zero-order valence-electron chi connectivity index (χ0n) is 40.2. The van der Waals surface area contributed by atoms with Gasteiger partial charge in [-0.25, -0.2) is 0 Å². The summed E-state index contributed by atoms with van der Waals surface area (Å²) in [4.78, 5) is 25.7. The molecule has 15 heteroatoms. The van der Waals surface area contributed by atoms with Crippen LogP contribution in [0.1, 0.15) is 174 Å². The van der Waals surface area contributed by atoms with Gasteiger partial charge in [0.15, 0.2) is 18.7 Å². The Kier molecular flexibility index (Phi) is 34.7. The molecule has 2 heterocycles. The second-order valence-corrected chi connectivity index (χ2v) is 17.7. The fourth-order valence-corrected chi connectivity index (χ4v) is 7.63. The van der Waals surface area contributed by atoms with Crippen molar-refractivity contribution in [2.45, 2.75) is 242 Å². The minimum Gasteiger partial charge on any atom is -0.462 e. The molecule has 0 amide bonds. The molecule has 0 radical (unpaired) electrons. The van der Waals surface area contributed by atoms with E-state index in [9.17, 15) is 45.3 Å². The molecule has 15 nitrogen and oxygen atoms in total. The van der Waals surface area contributed by atoms with Crippen LogP contribution < -0.4 is 0 Å².